The maximum Gasteiger partial charge on any atom is 0.261 e. The Morgan fingerprint density at radius 3 is 2.77 bits per heavy atom. The molecule has 2 fully saturated rings. The number of thiophene rings is 1. The molecule has 2 aliphatic rings. The third kappa shape index (κ3) is 3.75. The van der Waals surface area contributed by atoms with E-state index >= 15 is 0 Å². The Morgan fingerprint density at radius 1 is 1.27 bits per heavy atom. The first-order valence-electron chi connectivity index (χ1n) is 9.17. The average Bonchev–Trinajstić information content (AvgIpc) is 3.06. The molecule has 1 aromatic heterocycles. The van der Waals surface area contributed by atoms with Gasteiger partial charge in [-0.05, 0) is 37.3 Å². The largest absolute Gasteiger partial charge is 0.349 e. The van der Waals surface area contributed by atoms with Crippen molar-refractivity contribution in [1.82, 2.24) is 20.9 Å². The first-order valence-corrected chi connectivity index (χ1v) is 9.99. The standard InChI is InChI=1S/C19H24N4O2S/c1-12-10-17(24)22-19(20-12)23-8-6-14(7-9-23)21-18(25)16-11-13-4-2-3-5-15(13)26-16/h2-5,11-12,14,19-20H,6-10H2,1H3,(H,21,25)(H,22,24). The molecular weight excluding hydrogens is 348 g/mol. The predicted octanol–water partition coefficient (Wildman–Crippen LogP) is 1.88. The number of carbonyl (C=O) groups excluding carboxylic acids is 2. The summed E-state index contributed by atoms with van der Waals surface area (Å²) in [4.78, 5) is 27.3. The van der Waals surface area contributed by atoms with Crippen LogP contribution in [0, 0.1) is 0 Å². The van der Waals surface area contributed by atoms with Crippen LogP contribution in [0.5, 0.6) is 0 Å². The van der Waals surface area contributed by atoms with Gasteiger partial charge in [0.1, 0.15) is 6.29 Å². The molecule has 0 saturated carbocycles. The molecule has 1 aromatic carbocycles. The summed E-state index contributed by atoms with van der Waals surface area (Å²) in [7, 11) is 0. The number of benzene rings is 1. The molecule has 3 N–H and O–H groups in total. The SMILES string of the molecule is CC1CC(=O)NC(N2CCC(NC(=O)c3cc4ccccc4s3)CC2)N1. The summed E-state index contributed by atoms with van der Waals surface area (Å²) in [5.74, 6) is 0.115. The van der Waals surface area contributed by atoms with Crippen molar-refractivity contribution in [2.75, 3.05) is 13.1 Å². The Hall–Kier alpha value is -1.96. The van der Waals surface area contributed by atoms with E-state index in [1.54, 1.807) is 0 Å². The van der Waals surface area contributed by atoms with Gasteiger partial charge in [0.25, 0.3) is 5.91 Å². The molecule has 26 heavy (non-hydrogen) atoms. The van der Waals surface area contributed by atoms with E-state index in [1.807, 2.05) is 37.3 Å². The Labute approximate surface area is 156 Å². The number of likely N-dealkylation sites (tertiary alicyclic amines) is 1. The Bertz CT molecular complexity index is 780. The van der Waals surface area contributed by atoms with Crippen molar-refractivity contribution in [3.05, 3.63) is 35.2 Å². The van der Waals surface area contributed by atoms with Gasteiger partial charge in [-0.3, -0.25) is 19.8 Å². The van der Waals surface area contributed by atoms with Gasteiger partial charge in [0, 0.05) is 36.3 Å². The molecule has 138 valence electrons. The average molecular weight is 372 g/mol. The fourth-order valence-electron chi connectivity index (χ4n) is 3.71. The zero-order valence-corrected chi connectivity index (χ0v) is 15.6. The highest BCUT2D eigenvalue weighted by atomic mass is 32.1. The summed E-state index contributed by atoms with van der Waals surface area (Å²) in [5, 5.41) is 10.7. The van der Waals surface area contributed by atoms with Crippen molar-refractivity contribution in [3.8, 4) is 0 Å². The number of hydrogen-bond donors (Lipinski definition) is 3. The number of nitrogens with zero attached hydrogens (tertiary/aromatic N) is 1. The van der Waals surface area contributed by atoms with E-state index in [0.29, 0.717) is 6.42 Å². The van der Waals surface area contributed by atoms with E-state index in [9.17, 15) is 9.59 Å². The summed E-state index contributed by atoms with van der Waals surface area (Å²) in [6.45, 7) is 3.73. The van der Waals surface area contributed by atoms with Gasteiger partial charge >= 0.3 is 0 Å². The highest BCUT2D eigenvalue weighted by Crippen LogP contribution is 2.25. The van der Waals surface area contributed by atoms with Crippen LogP contribution in [0.1, 0.15) is 35.9 Å². The molecule has 0 radical (unpaired) electrons. The van der Waals surface area contributed by atoms with Crippen LogP contribution in [0.15, 0.2) is 30.3 Å². The molecule has 2 saturated heterocycles. The van der Waals surface area contributed by atoms with Crippen LogP contribution in [-0.4, -0.2) is 48.2 Å². The molecule has 2 aliphatic heterocycles. The highest BCUT2D eigenvalue weighted by molar-refractivity contribution is 7.20. The summed E-state index contributed by atoms with van der Waals surface area (Å²) in [5.41, 5.74) is 0. The quantitative estimate of drug-likeness (QED) is 0.769. The van der Waals surface area contributed by atoms with Gasteiger partial charge in [-0.15, -0.1) is 11.3 Å². The maximum atomic E-state index is 12.6. The number of amides is 2. The predicted molar refractivity (Wildman–Crippen MR) is 103 cm³/mol. The number of hydrogen-bond acceptors (Lipinski definition) is 5. The van der Waals surface area contributed by atoms with E-state index in [0.717, 1.165) is 40.9 Å². The Balaban J connectivity index is 1.32. The van der Waals surface area contributed by atoms with Crippen LogP contribution in [-0.2, 0) is 4.79 Å². The van der Waals surface area contributed by atoms with Crippen molar-refractivity contribution >= 4 is 33.2 Å². The van der Waals surface area contributed by atoms with Crippen LogP contribution in [0.25, 0.3) is 10.1 Å². The Kier molecular flexibility index (Phi) is 4.93. The first-order chi connectivity index (χ1) is 12.6. The van der Waals surface area contributed by atoms with Crippen LogP contribution in [0.4, 0.5) is 0 Å². The van der Waals surface area contributed by atoms with Crippen LogP contribution in [0.2, 0.25) is 0 Å². The fourth-order valence-corrected chi connectivity index (χ4v) is 4.67. The van der Waals surface area contributed by atoms with Gasteiger partial charge in [0.2, 0.25) is 5.91 Å². The third-order valence-electron chi connectivity index (χ3n) is 5.11. The monoisotopic (exact) mass is 372 g/mol. The molecule has 0 bridgehead atoms. The second kappa shape index (κ2) is 7.34. The lowest BCUT2D eigenvalue weighted by Gasteiger charge is -2.41. The molecule has 3 heterocycles. The molecule has 4 rings (SSSR count). The minimum atomic E-state index is -0.0921. The molecule has 2 atom stereocenters. The number of piperidine rings is 1. The second-order valence-electron chi connectivity index (χ2n) is 7.17. The van der Waals surface area contributed by atoms with Crippen molar-refractivity contribution in [2.24, 2.45) is 0 Å². The zero-order chi connectivity index (χ0) is 18.1. The van der Waals surface area contributed by atoms with Gasteiger partial charge in [0.15, 0.2) is 0 Å². The highest BCUT2D eigenvalue weighted by Gasteiger charge is 2.31. The van der Waals surface area contributed by atoms with Gasteiger partial charge in [-0.2, -0.15) is 0 Å². The lowest BCUT2D eigenvalue weighted by molar-refractivity contribution is -0.127. The van der Waals surface area contributed by atoms with E-state index < -0.39 is 0 Å². The maximum absolute atomic E-state index is 12.6. The van der Waals surface area contributed by atoms with Gasteiger partial charge < -0.3 is 10.6 Å². The summed E-state index contributed by atoms with van der Waals surface area (Å²) >= 11 is 1.54. The summed E-state index contributed by atoms with van der Waals surface area (Å²) in [6.07, 6.45) is 2.21. The molecular formula is C19H24N4O2S. The van der Waals surface area contributed by atoms with Gasteiger partial charge in [-0.25, -0.2) is 0 Å². The second-order valence-corrected chi connectivity index (χ2v) is 8.26. The van der Waals surface area contributed by atoms with E-state index in [4.69, 9.17) is 0 Å². The van der Waals surface area contributed by atoms with Gasteiger partial charge in [-0.1, -0.05) is 18.2 Å². The first kappa shape index (κ1) is 17.5. The van der Waals surface area contributed by atoms with E-state index in [1.165, 1.54) is 11.3 Å². The van der Waals surface area contributed by atoms with Crippen molar-refractivity contribution in [2.45, 2.75) is 44.6 Å². The van der Waals surface area contributed by atoms with E-state index in [2.05, 4.69) is 20.9 Å². The normalized spacial score (nSPS) is 25.2. The molecule has 7 heteroatoms. The topological polar surface area (TPSA) is 73.5 Å². The molecule has 0 aliphatic carbocycles. The smallest absolute Gasteiger partial charge is 0.261 e. The Morgan fingerprint density at radius 2 is 2.04 bits per heavy atom. The van der Waals surface area contributed by atoms with Crippen LogP contribution < -0.4 is 16.0 Å². The number of nitrogens with one attached hydrogen (secondary N) is 3. The molecule has 0 spiro atoms. The number of rotatable bonds is 3. The molecule has 2 amide bonds. The fraction of sp³-hybridized carbons (Fsp3) is 0.474. The van der Waals surface area contributed by atoms with Crippen molar-refractivity contribution in [1.29, 1.82) is 0 Å². The molecule has 2 aromatic rings. The molecule has 2 unspecified atom stereocenters. The zero-order valence-electron chi connectivity index (χ0n) is 14.8. The lowest BCUT2D eigenvalue weighted by atomic mass is 10.0. The minimum absolute atomic E-state index is 0.0161. The van der Waals surface area contributed by atoms with Crippen molar-refractivity contribution in [3.63, 3.8) is 0 Å². The van der Waals surface area contributed by atoms with Gasteiger partial charge in [0.05, 0.1) is 4.88 Å². The van der Waals surface area contributed by atoms with Crippen molar-refractivity contribution < 1.29 is 9.59 Å². The summed E-state index contributed by atoms with van der Waals surface area (Å²) in [6, 6.07) is 10.4. The third-order valence-corrected chi connectivity index (χ3v) is 6.23. The number of carbonyl (C=O) groups is 2. The van der Waals surface area contributed by atoms with E-state index in [-0.39, 0.29) is 30.2 Å². The molecule has 6 nitrogen and oxygen atoms in total. The lowest BCUT2D eigenvalue weighted by Crippen LogP contribution is -2.65. The van der Waals surface area contributed by atoms with Crippen LogP contribution >= 0.6 is 11.3 Å². The minimum Gasteiger partial charge on any atom is -0.349 e. The summed E-state index contributed by atoms with van der Waals surface area (Å²) < 4.78 is 1.14. The van der Waals surface area contributed by atoms with Crippen LogP contribution in [0.3, 0.4) is 0 Å². The number of fused-ring (bicyclic) bond motifs is 1.